The van der Waals surface area contributed by atoms with Gasteiger partial charge in [0, 0.05) is 19.2 Å². The SMILES string of the molecule is CC(NCC1CCOC1)c1ccc(S(N)(=O)=O)cc1. The van der Waals surface area contributed by atoms with E-state index < -0.39 is 10.0 Å². The Hall–Kier alpha value is -0.950. The summed E-state index contributed by atoms with van der Waals surface area (Å²) < 4.78 is 27.7. The van der Waals surface area contributed by atoms with Gasteiger partial charge in [0.05, 0.1) is 11.5 Å². The van der Waals surface area contributed by atoms with Crippen LogP contribution in [-0.2, 0) is 14.8 Å². The molecule has 2 unspecified atom stereocenters. The van der Waals surface area contributed by atoms with Gasteiger partial charge in [0.15, 0.2) is 0 Å². The molecule has 0 aromatic heterocycles. The maximum absolute atomic E-state index is 11.2. The summed E-state index contributed by atoms with van der Waals surface area (Å²) in [6.07, 6.45) is 1.10. The van der Waals surface area contributed by atoms with Crippen molar-refractivity contribution in [1.29, 1.82) is 0 Å². The molecule has 3 N–H and O–H groups in total. The first-order valence-corrected chi connectivity index (χ1v) is 7.95. The molecular weight excluding hydrogens is 264 g/mol. The van der Waals surface area contributed by atoms with E-state index in [0.717, 1.165) is 31.7 Å². The topological polar surface area (TPSA) is 81.4 Å². The zero-order valence-corrected chi connectivity index (χ0v) is 11.8. The Labute approximate surface area is 114 Å². The maximum Gasteiger partial charge on any atom is 0.238 e. The molecule has 0 saturated carbocycles. The molecule has 1 aromatic carbocycles. The lowest BCUT2D eigenvalue weighted by Crippen LogP contribution is -2.26. The van der Waals surface area contributed by atoms with E-state index in [1.54, 1.807) is 24.3 Å². The van der Waals surface area contributed by atoms with Gasteiger partial charge in [-0.25, -0.2) is 13.6 Å². The van der Waals surface area contributed by atoms with Crippen LogP contribution in [0.25, 0.3) is 0 Å². The summed E-state index contributed by atoms with van der Waals surface area (Å²) >= 11 is 0. The van der Waals surface area contributed by atoms with Gasteiger partial charge in [0.1, 0.15) is 0 Å². The molecule has 0 radical (unpaired) electrons. The molecule has 6 heteroatoms. The van der Waals surface area contributed by atoms with Crippen molar-refractivity contribution in [3.8, 4) is 0 Å². The van der Waals surface area contributed by atoms with Crippen molar-refractivity contribution in [2.24, 2.45) is 11.1 Å². The number of rotatable bonds is 5. The Morgan fingerprint density at radius 2 is 2.11 bits per heavy atom. The van der Waals surface area contributed by atoms with Gasteiger partial charge < -0.3 is 10.1 Å². The normalized spacial score (nSPS) is 21.5. The molecule has 106 valence electrons. The number of hydrogen-bond acceptors (Lipinski definition) is 4. The first-order valence-electron chi connectivity index (χ1n) is 6.40. The Kier molecular flexibility index (Phi) is 4.57. The zero-order valence-electron chi connectivity index (χ0n) is 11.0. The highest BCUT2D eigenvalue weighted by molar-refractivity contribution is 7.89. The lowest BCUT2D eigenvalue weighted by atomic mass is 10.1. The highest BCUT2D eigenvalue weighted by atomic mass is 32.2. The summed E-state index contributed by atoms with van der Waals surface area (Å²) in [6, 6.07) is 6.85. The predicted molar refractivity (Wildman–Crippen MR) is 73.2 cm³/mol. The van der Waals surface area contributed by atoms with Crippen molar-refractivity contribution in [2.75, 3.05) is 19.8 Å². The second-order valence-corrected chi connectivity index (χ2v) is 6.54. The Morgan fingerprint density at radius 1 is 1.42 bits per heavy atom. The molecule has 1 aliphatic rings. The average molecular weight is 284 g/mol. The third-order valence-electron chi connectivity index (χ3n) is 3.45. The van der Waals surface area contributed by atoms with Crippen molar-refractivity contribution in [3.05, 3.63) is 29.8 Å². The highest BCUT2D eigenvalue weighted by Gasteiger charge is 2.16. The summed E-state index contributed by atoms with van der Waals surface area (Å²) in [6.45, 7) is 4.65. The summed E-state index contributed by atoms with van der Waals surface area (Å²) in [5, 5.41) is 8.51. The van der Waals surface area contributed by atoms with Crippen LogP contribution in [0.3, 0.4) is 0 Å². The molecule has 2 rings (SSSR count). The fourth-order valence-corrected chi connectivity index (χ4v) is 2.67. The molecule has 19 heavy (non-hydrogen) atoms. The van der Waals surface area contributed by atoms with E-state index in [0.29, 0.717) is 5.92 Å². The molecule has 5 nitrogen and oxygen atoms in total. The van der Waals surface area contributed by atoms with Gasteiger partial charge >= 0.3 is 0 Å². The van der Waals surface area contributed by atoms with E-state index in [4.69, 9.17) is 9.88 Å². The lowest BCUT2D eigenvalue weighted by molar-refractivity contribution is 0.184. The van der Waals surface area contributed by atoms with Crippen LogP contribution in [0.15, 0.2) is 29.2 Å². The summed E-state index contributed by atoms with van der Waals surface area (Å²) in [5.41, 5.74) is 1.05. The van der Waals surface area contributed by atoms with Crippen LogP contribution in [0, 0.1) is 5.92 Å². The maximum atomic E-state index is 11.2. The number of hydrogen-bond donors (Lipinski definition) is 2. The van der Waals surface area contributed by atoms with E-state index in [2.05, 4.69) is 12.2 Å². The smallest absolute Gasteiger partial charge is 0.238 e. The molecule has 2 atom stereocenters. The van der Waals surface area contributed by atoms with Gasteiger partial charge in [-0.3, -0.25) is 0 Å². The molecular formula is C13H20N2O3S. The van der Waals surface area contributed by atoms with Gasteiger partial charge in [0.25, 0.3) is 0 Å². The number of ether oxygens (including phenoxy) is 1. The third kappa shape index (κ3) is 4.01. The molecule has 0 bridgehead atoms. The van der Waals surface area contributed by atoms with Gasteiger partial charge in [-0.1, -0.05) is 12.1 Å². The van der Waals surface area contributed by atoms with Crippen molar-refractivity contribution in [3.63, 3.8) is 0 Å². The van der Waals surface area contributed by atoms with Crippen LogP contribution < -0.4 is 10.5 Å². The first kappa shape index (κ1) is 14.5. The minimum atomic E-state index is -3.61. The number of primary sulfonamides is 1. The van der Waals surface area contributed by atoms with Crippen LogP contribution >= 0.6 is 0 Å². The standard InChI is InChI=1S/C13H20N2O3S/c1-10(15-8-11-6-7-18-9-11)12-2-4-13(5-3-12)19(14,16)17/h2-5,10-11,15H,6-9H2,1H3,(H2,14,16,17). The van der Waals surface area contributed by atoms with E-state index >= 15 is 0 Å². The molecule has 1 aromatic rings. The van der Waals surface area contributed by atoms with Crippen molar-refractivity contribution in [2.45, 2.75) is 24.3 Å². The third-order valence-corrected chi connectivity index (χ3v) is 4.37. The van der Waals surface area contributed by atoms with Crippen LogP contribution in [-0.4, -0.2) is 28.2 Å². The second-order valence-electron chi connectivity index (χ2n) is 4.97. The van der Waals surface area contributed by atoms with E-state index in [1.165, 1.54) is 0 Å². The largest absolute Gasteiger partial charge is 0.381 e. The van der Waals surface area contributed by atoms with Crippen molar-refractivity contribution in [1.82, 2.24) is 5.32 Å². The molecule has 1 heterocycles. The molecule has 1 aliphatic heterocycles. The van der Waals surface area contributed by atoms with Crippen LogP contribution in [0.1, 0.15) is 24.9 Å². The number of nitrogens with two attached hydrogens (primary N) is 1. The second kappa shape index (κ2) is 6.00. The minimum Gasteiger partial charge on any atom is -0.381 e. The number of benzene rings is 1. The average Bonchev–Trinajstić information content (AvgIpc) is 2.88. The van der Waals surface area contributed by atoms with Crippen LogP contribution in [0.5, 0.6) is 0 Å². The van der Waals surface area contributed by atoms with Crippen LogP contribution in [0.2, 0.25) is 0 Å². The Bertz CT molecular complexity index is 507. The van der Waals surface area contributed by atoms with Crippen LogP contribution in [0.4, 0.5) is 0 Å². The Morgan fingerprint density at radius 3 is 2.63 bits per heavy atom. The highest BCUT2D eigenvalue weighted by Crippen LogP contribution is 2.17. The monoisotopic (exact) mass is 284 g/mol. The van der Waals surface area contributed by atoms with Gasteiger partial charge in [-0.05, 0) is 37.0 Å². The van der Waals surface area contributed by atoms with E-state index in [9.17, 15) is 8.42 Å². The molecule has 0 spiro atoms. The summed E-state index contributed by atoms with van der Waals surface area (Å²) in [5.74, 6) is 0.575. The van der Waals surface area contributed by atoms with E-state index in [1.807, 2.05) is 0 Å². The number of nitrogens with one attached hydrogen (secondary N) is 1. The van der Waals surface area contributed by atoms with Crippen molar-refractivity contribution >= 4 is 10.0 Å². The molecule has 1 fully saturated rings. The minimum absolute atomic E-state index is 0.146. The first-order chi connectivity index (χ1) is 8.97. The fraction of sp³-hybridized carbons (Fsp3) is 0.538. The van der Waals surface area contributed by atoms with Gasteiger partial charge in [-0.15, -0.1) is 0 Å². The number of sulfonamides is 1. The van der Waals surface area contributed by atoms with E-state index in [-0.39, 0.29) is 10.9 Å². The predicted octanol–water partition coefficient (Wildman–Crippen LogP) is 1.02. The van der Waals surface area contributed by atoms with Gasteiger partial charge in [-0.2, -0.15) is 0 Å². The fourth-order valence-electron chi connectivity index (χ4n) is 2.15. The Balaban J connectivity index is 1.93. The summed E-state index contributed by atoms with van der Waals surface area (Å²) in [7, 11) is -3.61. The van der Waals surface area contributed by atoms with Crippen molar-refractivity contribution < 1.29 is 13.2 Å². The summed E-state index contributed by atoms with van der Waals surface area (Å²) in [4.78, 5) is 0.146. The lowest BCUT2D eigenvalue weighted by Gasteiger charge is -2.17. The zero-order chi connectivity index (χ0) is 13.9. The molecule has 0 aliphatic carbocycles. The van der Waals surface area contributed by atoms with Gasteiger partial charge in [0.2, 0.25) is 10.0 Å². The quantitative estimate of drug-likeness (QED) is 0.846. The molecule has 0 amide bonds. The molecule has 1 saturated heterocycles.